The van der Waals surface area contributed by atoms with Gasteiger partial charge in [-0.3, -0.25) is 4.79 Å². The number of unbranched alkanes of at least 4 members (excludes halogenated alkanes) is 1. The maximum Gasteiger partial charge on any atom is 0.306 e. The molecule has 0 heterocycles. The van der Waals surface area contributed by atoms with Crippen LogP contribution in [-0.4, -0.2) is 17.7 Å². The summed E-state index contributed by atoms with van der Waals surface area (Å²) in [4.78, 5) is 10.5. The highest BCUT2D eigenvalue weighted by Crippen LogP contribution is 2.13. The summed E-state index contributed by atoms with van der Waals surface area (Å²) in [7, 11) is 0. The Morgan fingerprint density at radius 2 is 2.24 bits per heavy atom. The van der Waals surface area contributed by atoms with Gasteiger partial charge in [0, 0.05) is 6.07 Å². The van der Waals surface area contributed by atoms with Crippen LogP contribution >= 0.6 is 0 Å². The van der Waals surface area contributed by atoms with Gasteiger partial charge in [-0.1, -0.05) is 13.0 Å². The predicted octanol–water partition coefficient (Wildman–Crippen LogP) is 3.10. The first-order valence-electron chi connectivity index (χ1n) is 5.71. The molecule has 1 aromatic rings. The Balaban J connectivity index is 2.14. The fourth-order valence-corrected chi connectivity index (χ4v) is 1.42. The monoisotopic (exact) mass is 240 g/mol. The van der Waals surface area contributed by atoms with Crippen molar-refractivity contribution >= 4 is 5.97 Å². The van der Waals surface area contributed by atoms with Crippen molar-refractivity contribution in [2.45, 2.75) is 26.2 Å². The number of hydrogen-bond donors (Lipinski definition) is 1. The molecule has 0 amide bonds. The number of aliphatic carboxylic acids is 1. The summed E-state index contributed by atoms with van der Waals surface area (Å²) in [6, 6.07) is 5.99. The van der Waals surface area contributed by atoms with Crippen molar-refractivity contribution in [3.8, 4) is 5.75 Å². The quantitative estimate of drug-likeness (QED) is 0.745. The molecule has 1 unspecified atom stereocenters. The highest BCUT2D eigenvalue weighted by Gasteiger charge is 2.09. The molecule has 1 aromatic carbocycles. The molecule has 4 heteroatoms. The van der Waals surface area contributed by atoms with Crippen LogP contribution in [0.4, 0.5) is 4.39 Å². The second kappa shape index (κ2) is 6.89. The van der Waals surface area contributed by atoms with Gasteiger partial charge in [0.2, 0.25) is 0 Å². The summed E-state index contributed by atoms with van der Waals surface area (Å²) >= 11 is 0. The zero-order chi connectivity index (χ0) is 12.7. The first-order chi connectivity index (χ1) is 8.09. The summed E-state index contributed by atoms with van der Waals surface area (Å²) in [6.07, 6.45) is 2.21. The lowest BCUT2D eigenvalue weighted by Crippen LogP contribution is -2.09. The molecule has 0 saturated carbocycles. The Hall–Kier alpha value is -1.58. The lowest BCUT2D eigenvalue weighted by Gasteiger charge is -2.07. The molecular formula is C13H17FO3. The molecule has 0 spiro atoms. The number of carboxylic acid groups (broad SMARTS) is 1. The second-order valence-electron chi connectivity index (χ2n) is 4.04. The van der Waals surface area contributed by atoms with E-state index in [-0.39, 0.29) is 11.7 Å². The van der Waals surface area contributed by atoms with Crippen LogP contribution < -0.4 is 4.74 Å². The van der Waals surface area contributed by atoms with Gasteiger partial charge in [0.1, 0.15) is 11.6 Å². The van der Waals surface area contributed by atoms with E-state index in [2.05, 4.69) is 0 Å². The highest BCUT2D eigenvalue weighted by atomic mass is 19.1. The molecule has 94 valence electrons. The molecule has 0 aliphatic carbocycles. The molecule has 3 nitrogen and oxygen atoms in total. The predicted molar refractivity (Wildman–Crippen MR) is 62.5 cm³/mol. The molecule has 0 aliphatic rings. The molecule has 0 radical (unpaired) electrons. The van der Waals surface area contributed by atoms with E-state index in [1.807, 2.05) is 0 Å². The number of ether oxygens (including phenoxy) is 1. The molecular weight excluding hydrogens is 223 g/mol. The number of rotatable bonds is 7. The molecule has 0 fully saturated rings. The molecule has 0 saturated heterocycles. The van der Waals surface area contributed by atoms with Crippen molar-refractivity contribution in [1.29, 1.82) is 0 Å². The van der Waals surface area contributed by atoms with E-state index < -0.39 is 5.97 Å². The largest absolute Gasteiger partial charge is 0.493 e. The number of carboxylic acids is 1. The Bertz CT molecular complexity index is 365. The third kappa shape index (κ3) is 5.33. The molecule has 17 heavy (non-hydrogen) atoms. The maximum absolute atomic E-state index is 12.8. The van der Waals surface area contributed by atoms with Gasteiger partial charge < -0.3 is 9.84 Å². The van der Waals surface area contributed by atoms with E-state index in [0.29, 0.717) is 18.8 Å². The molecule has 1 atom stereocenters. The van der Waals surface area contributed by atoms with E-state index in [9.17, 15) is 9.18 Å². The van der Waals surface area contributed by atoms with Crippen LogP contribution in [0.2, 0.25) is 0 Å². The van der Waals surface area contributed by atoms with E-state index in [0.717, 1.165) is 12.8 Å². The summed E-state index contributed by atoms with van der Waals surface area (Å²) in [5.41, 5.74) is 0. The number of carbonyl (C=O) groups is 1. The molecule has 0 aliphatic heterocycles. The lowest BCUT2D eigenvalue weighted by molar-refractivity contribution is -0.141. The fraction of sp³-hybridized carbons (Fsp3) is 0.462. The zero-order valence-electron chi connectivity index (χ0n) is 9.86. The number of hydrogen-bond acceptors (Lipinski definition) is 2. The van der Waals surface area contributed by atoms with Crippen LogP contribution in [0, 0.1) is 11.7 Å². The highest BCUT2D eigenvalue weighted by molar-refractivity contribution is 5.69. The standard InChI is InChI=1S/C13H17FO3/c1-10(13(15)16)5-2-3-8-17-12-7-4-6-11(14)9-12/h4,6-7,9-10H,2-3,5,8H2,1H3,(H,15,16). The Labute approximate surface area is 100 Å². The van der Waals surface area contributed by atoms with Crippen LogP contribution in [0.1, 0.15) is 26.2 Å². The van der Waals surface area contributed by atoms with E-state index >= 15 is 0 Å². The average Bonchev–Trinajstić information content (AvgIpc) is 2.28. The summed E-state index contributed by atoms with van der Waals surface area (Å²) < 4.78 is 18.1. The van der Waals surface area contributed by atoms with Gasteiger partial charge in [0.15, 0.2) is 0 Å². The second-order valence-corrected chi connectivity index (χ2v) is 4.04. The third-order valence-electron chi connectivity index (χ3n) is 2.52. The van der Waals surface area contributed by atoms with Crippen LogP contribution in [0.15, 0.2) is 24.3 Å². The topological polar surface area (TPSA) is 46.5 Å². The molecule has 0 aromatic heterocycles. The van der Waals surface area contributed by atoms with E-state index in [4.69, 9.17) is 9.84 Å². The average molecular weight is 240 g/mol. The van der Waals surface area contributed by atoms with Crippen LogP contribution in [-0.2, 0) is 4.79 Å². The Morgan fingerprint density at radius 1 is 1.47 bits per heavy atom. The first-order valence-corrected chi connectivity index (χ1v) is 5.71. The summed E-state index contributed by atoms with van der Waals surface area (Å²) in [5.74, 6) is -0.890. The molecule has 0 bridgehead atoms. The number of halogens is 1. The van der Waals surface area contributed by atoms with Crippen molar-refractivity contribution in [3.63, 3.8) is 0 Å². The van der Waals surface area contributed by atoms with E-state index in [1.54, 1.807) is 19.1 Å². The Kier molecular flexibility index (Phi) is 5.46. The van der Waals surface area contributed by atoms with Crippen molar-refractivity contribution in [3.05, 3.63) is 30.1 Å². The van der Waals surface area contributed by atoms with Crippen molar-refractivity contribution in [2.75, 3.05) is 6.61 Å². The van der Waals surface area contributed by atoms with Gasteiger partial charge in [-0.25, -0.2) is 4.39 Å². The molecule has 1 rings (SSSR count). The zero-order valence-corrected chi connectivity index (χ0v) is 9.86. The normalized spacial score (nSPS) is 12.1. The SMILES string of the molecule is CC(CCCCOc1cccc(F)c1)C(=O)O. The minimum Gasteiger partial charge on any atom is -0.493 e. The minimum atomic E-state index is -0.768. The summed E-state index contributed by atoms with van der Waals surface area (Å²) in [5, 5.41) is 8.67. The van der Waals surface area contributed by atoms with Crippen LogP contribution in [0.5, 0.6) is 5.75 Å². The maximum atomic E-state index is 12.8. The van der Waals surface area contributed by atoms with Crippen LogP contribution in [0.3, 0.4) is 0 Å². The lowest BCUT2D eigenvalue weighted by atomic mass is 10.1. The molecule has 1 N–H and O–H groups in total. The van der Waals surface area contributed by atoms with Crippen molar-refractivity contribution < 1.29 is 19.0 Å². The van der Waals surface area contributed by atoms with Crippen molar-refractivity contribution in [1.82, 2.24) is 0 Å². The Morgan fingerprint density at radius 3 is 2.88 bits per heavy atom. The van der Waals surface area contributed by atoms with Gasteiger partial charge >= 0.3 is 5.97 Å². The number of benzene rings is 1. The van der Waals surface area contributed by atoms with Gasteiger partial charge in [0.05, 0.1) is 12.5 Å². The van der Waals surface area contributed by atoms with E-state index in [1.165, 1.54) is 12.1 Å². The first kappa shape index (κ1) is 13.5. The minimum absolute atomic E-state index is 0.316. The summed E-state index contributed by atoms with van der Waals surface area (Å²) in [6.45, 7) is 2.17. The van der Waals surface area contributed by atoms with Crippen LogP contribution in [0.25, 0.3) is 0 Å². The van der Waals surface area contributed by atoms with Gasteiger partial charge in [-0.05, 0) is 31.4 Å². The van der Waals surface area contributed by atoms with Crippen molar-refractivity contribution in [2.24, 2.45) is 5.92 Å². The van der Waals surface area contributed by atoms with Gasteiger partial charge in [0.25, 0.3) is 0 Å². The van der Waals surface area contributed by atoms with Gasteiger partial charge in [-0.15, -0.1) is 0 Å². The fourth-order valence-electron chi connectivity index (χ4n) is 1.42. The smallest absolute Gasteiger partial charge is 0.306 e. The van der Waals surface area contributed by atoms with Gasteiger partial charge in [-0.2, -0.15) is 0 Å². The third-order valence-corrected chi connectivity index (χ3v) is 2.52.